The van der Waals surface area contributed by atoms with E-state index in [9.17, 15) is 0 Å². The first-order valence-corrected chi connectivity index (χ1v) is 7.86. The first-order valence-electron chi connectivity index (χ1n) is 7.86. The number of ether oxygens (including phenoxy) is 1. The summed E-state index contributed by atoms with van der Waals surface area (Å²) < 4.78 is 5.70. The summed E-state index contributed by atoms with van der Waals surface area (Å²) in [6.07, 6.45) is 0.196. The number of aryl methyl sites for hydroxylation is 2. The molecule has 0 fully saturated rings. The van der Waals surface area contributed by atoms with Crippen LogP contribution in [0.25, 0.3) is 0 Å². The minimum Gasteiger partial charge on any atom is -0.491 e. The fourth-order valence-corrected chi connectivity index (χ4v) is 2.22. The normalized spacial score (nSPS) is 10.6. The minimum absolute atomic E-state index is 0.196. The number of hydrogen-bond acceptors (Lipinski definition) is 3. The molecular formula is C19H26N2O. The second kappa shape index (κ2) is 7.74. The lowest BCUT2D eigenvalue weighted by Crippen LogP contribution is -2.14. The summed E-state index contributed by atoms with van der Waals surface area (Å²) in [5, 5.41) is 6.85. The standard InChI is InChI=1S/C19H26N2O/c1-14(2)22-19-7-5-6-17(13-19)20-10-11-21-18-9-8-15(3)16(4)12-18/h5-9,12-14,20-21H,10-11H2,1-4H3. The summed E-state index contributed by atoms with van der Waals surface area (Å²) in [5.74, 6) is 0.905. The van der Waals surface area contributed by atoms with Crippen LogP contribution in [0, 0.1) is 13.8 Å². The molecule has 0 unspecified atom stereocenters. The van der Waals surface area contributed by atoms with Gasteiger partial charge < -0.3 is 15.4 Å². The van der Waals surface area contributed by atoms with Crippen molar-refractivity contribution in [2.24, 2.45) is 0 Å². The van der Waals surface area contributed by atoms with Crippen LogP contribution >= 0.6 is 0 Å². The minimum atomic E-state index is 0.196. The zero-order chi connectivity index (χ0) is 15.9. The monoisotopic (exact) mass is 298 g/mol. The molecule has 0 spiro atoms. The second-order valence-electron chi connectivity index (χ2n) is 5.85. The Morgan fingerprint density at radius 1 is 0.864 bits per heavy atom. The molecule has 2 rings (SSSR count). The third-order valence-electron chi connectivity index (χ3n) is 3.50. The van der Waals surface area contributed by atoms with Crippen molar-refractivity contribution >= 4 is 11.4 Å². The maximum Gasteiger partial charge on any atom is 0.121 e. The molecule has 0 aliphatic heterocycles. The van der Waals surface area contributed by atoms with E-state index in [0.29, 0.717) is 0 Å². The summed E-state index contributed by atoms with van der Waals surface area (Å²) >= 11 is 0. The van der Waals surface area contributed by atoms with Crippen molar-refractivity contribution in [3.63, 3.8) is 0 Å². The van der Waals surface area contributed by atoms with Gasteiger partial charge in [0, 0.05) is 30.5 Å². The maximum atomic E-state index is 5.70. The third kappa shape index (κ3) is 4.99. The fourth-order valence-electron chi connectivity index (χ4n) is 2.22. The molecule has 0 saturated carbocycles. The summed E-state index contributed by atoms with van der Waals surface area (Å²) in [4.78, 5) is 0. The van der Waals surface area contributed by atoms with Gasteiger partial charge in [-0.3, -0.25) is 0 Å². The van der Waals surface area contributed by atoms with Gasteiger partial charge in [0.25, 0.3) is 0 Å². The van der Waals surface area contributed by atoms with Crippen molar-refractivity contribution in [2.45, 2.75) is 33.8 Å². The van der Waals surface area contributed by atoms with E-state index < -0.39 is 0 Å². The van der Waals surface area contributed by atoms with Crippen molar-refractivity contribution in [1.82, 2.24) is 0 Å². The lowest BCUT2D eigenvalue weighted by molar-refractivity contribution is 0.242. The molecule has 0 bridgehead atoms. The van der Waals surface area contributed by atoms with Crippen LogP contribution in [0.3, 0.4) is 0 Å². The highest BCUT2D eigenvalue weighted by molar-refractivity contribution is 5.50. The first-order chi connectivity index (χ1) is 10.5. The highest BCUT2D eigenvalue weighted by Gasteiger charge is 1.99. The van der Waals surface area contributed by atoms with Gasteiger partial charge >= 0.3 is 0 Å². The molecule has 3 nitrogen and oxygen atoms in total. The SMILES string of the molecule is Cc1ccc(NCCNc2cccc(OC(C)C)c2)cc1C. The molecule has 0 radical (unpaired) electrons. The molecule has 0 amide bonds. The van der Waals surface area contributed by atoms with Crippen molar-refractivity contribution in [3.05, 3.63) is 53.6 Å². The van der Waals surface area contributed by atoms with Crippen LogP contribution in [0.15, 0.2) is 42.5 Å². The lowest BCUT2D eigenvalue weighted by Gasteiger charge is -2.13. The molecule has 0 aromatic heterocycles. The second-order valence-corrected chi connectivity index (χ2v) is 5.85. The van der Waals surface area contributed by atoms with Crippen LogP contribution in [-0.2, 0) is 0 Å². The molecule has 2 N–H and O–H groups in total. The molecule has 0 aliphatic carbocycles. The van der Waals surface area contributed by atoms with E-state index in [4.69, 9.17) is 4.74 Å². The van der Waals surface area contributed by atoms with Gasteiger partial charge in [0.1, 0.15) is 5.75 Å². The van der Waals surface area contributed by atoms with E-state index in [-0.39, 0.29) is 6.10 Å². The molecule has 0 atom stereocenters. The number of benzene rings is 2. The smallest absolute Gasteiger partial charge is 0.121 e. The van der Waals surface area contributed by atoms with E-state index >= 15 is 0 Å². The molecule has 22 heavy (non-hydrogen) atoms. The van der Waals surface area contributed by atoms with E-state index in [1.54, 1.807) is 0 Å². The zero-order valence-corrected chi connectivity index (χ0v) is 13.9. The highest BCUT2D eigenvalue weighted by atomic mass is 16.5. The maximum absolute atomic E-state index is 5.70. The summed E-state index contributed by atoms with van der Waals surface area (Å²) in [7, 11) is 0. The molecule has 3 heteroatoms. The molecule has 0 heterocycles. The average molecular weight is 298 g/mol. The molecule has 118 valence electrons. The average Bonchev–Trinajstić information content (AvgIpc) is 2.47. The van der Waals surface area contributed by atoms with Crippen molar-refractivity contribution in [2.75, 3.05) is 23.7 Å². The number of hydrogen-bond donors (Lipinski definition) is 2. The van der Waals surface area contributed by atoms with Crippen molar-refractivity contribution < 1.29 is 4.74 Å². The van der Waals surface area contributed by atoms with E-state index in [1.807, 2.05) is 32.0 Å². The predicted molar refractivity (Wildman–Crippen MR) is 95.1 cm³/mol. The highest BCUT2D eigenvalue weighted by Crippen LogP contribution is 2.18. The Bertz CT molecular complexity index is 608. The Balaban J connectivity index is 1.79. The van der Waals surface area contributed by atoms with Gasteiger partial charge in [-0.1, -0.05) is 12.1 Å². The molecule has 0 saturated heterocycles. The van der Waals surface area contributed by atoms with E-state index in [2.05, 4.69) is 48.7 Å². The lowest BCUT2D eigenvalue weighted by atomic mass is 10.1. The number of anilines is 2. The number of rotatable bonds is 7. The largest absolute Gasteiger partial charge is 0.491 e. The van der Waals surface area contributed by atoms with Crippen molar-refractivity contribution in [1.29, 1.82) is 0 Å². The molecular weight excluding hydrogens is 272 g/mol. The van der Waals surface area contributed by atoms with Crippen molar-refractivity contribution in [3.8, 4) is 5.75 Å². The first kappa shape index (κ1) is 16.2. The Labute approximate surface area is 133 Å². The fraction of sp³-hybridized carbons (Fsp3) is 0.368. The van der Waals surface area contributed by atoms with E-state index in [0.717, 1.165) is 24.5 Å². The van der Waals surface area contributed by atoms with Gasteiger partial charge in [-0.05, 0) is 63.1 Å². The Kier molecular flexibility index (Phi) is 5.70. The zero-order valence-electron chi connectivity index (χ0n) is 13.9. The van der Waals surface area contributed by atoms with Gasteiger partial charge in [-0.15, -0.1) is 0 Å². The van der Waals surface area contributed by atoms with Crippen LogP contribution in [0.2, 0.25) is 0 Å². The van der Waals surface area contributed by atoms with Gasteiger partial charge in [-0.2, -0.15) is 0 Å². The molecule has 2 aromatic rings. The van der Waals surface area contributed by atoms with Gasteiger partial charge in [0.2, 0.25) is 0 Å². The van der Waals surface area contributed by atoms with Crippen LogP contribution in [-0.4, -0.2) is 19.2 Å². The number of nitrogens with one attached hydrogen (secondary N) is 2. The summed E-state index contributed by atoms with van der Waals surface area (Å²) in [6.45, 7) is 10.1. The Hall–Kier alpha value is -2.16. The predicted octanol–water partition coefficient (Wildman–Crippen LogP) is 4.61. The van der Waals surface area contributed by atoms with Gasteiger partial charge in [-0.25, -0.2) is 0 Å². The summed E-state index contributed by atoms with van der Waals surface area (Å²) in [6, 6.07) is 14.6. The Morgan fingerprint density at radius 2 is 1.55 bits per heavy atom. The molecule has 2 aromatic carbocycles. The summed E-state index contributed by atoms with van der Waals surface area (Å²) in [5.41, 5.74) is 4.89. The van der Waals surface area contributed by atoms with Crippen LogP contribution < -0.4 is 15.4 Å². The van der Waals surface area contributed by atoms with E-state index in [1.165, 1.54) is 16.8 Å². The topological polar surface area (TPSA) is 33.3 Å². The van der Waals surface area contributed by atoms with Crippen LogP contribution in [0.1, 0.15) is 25.0 Å². The quantitative estimate of drug-likeness (QED) is 0.732. The van der Waals surface area contributed by atoms with Gasteiger partial charge in [0.05, 0.1) is 6.10 Å². The van der Waals surface area contributed by atoms with Gasteiger partial charge in [0.15, 0.2) is 0 Å². The van der Waals surface area contributed by atoms with Crippen LogP contribution in [0.5, 0.6) is 5.75 Å². The Morgan fingerprint density at radius 3 is 2.18 bits per heavy atom. The molecule has 0 aliphatic rings. The third-order valence-corrected chi connectivity index (χ3v) is 3.50. The van der Waals surface area contributed by atoms with Crippen LogP contribution in [0.4, 0.5) is 11.4 Å².